The Bertz CT molecular complexity index is 558. The fourth-order valence-corrected chi connectivity index (χ4v) is 4.50. The maximum Gasteiger partial charge on any atom is 0.118 e. The number of methoxy groups -OCH3 is 1. The van der Waals surface area contributed by atoms with E-state index in [0.29, 0.717) is 12.0 Å². The molecule has 1 aromatic rings. The maximum atomic E-state index is 6.32. The maximum absolute atomic E-state index is 6.32. The molecule has 4 rings (SSSR count). The molecule has 26 heavy (non-hydrogen) atoms. The molecule has 1 aliphatic carbocycles. The first kappa shape index (κ1) is 18.2. The summed E-state index contributed by atoms with van der Waals surface area (Å²) in [7, 11) is 1.71. The van der Waals surface area contributed by atoms with Gasteiger partial charge in [0.15, 0.2) is 0 Å². The van der Waals surface area contributed by atoms with Gasteiger partial charge in [0.05, 0.1) is 32.5 Å². The third-order valence-corrected chi connectivity index (χ3v) is 6.08. The molecule has 0 unspecified atom stereocenters. The van der Waals surface area contributed by atoms with Gasteiger partial charge < -0.3 is 18.9 Å². The quantitative estimate of drug-likeness (QED) is 0.779. The minimum absolute atomic E-state index is 0.224. The lowest BCUT2D eigenvalue weighted by atomic mass is 10.0. The molecule has 3 atom stereocenters. The van der Waals surface area contributed by atoms with Crippen LogP contribution in [0.3, 0.4) is 0 Å². The smallest absolute Gasteiger partial charge is 0.118 e. The number of ether oxygens (including phenoxy) is 4. The van der Waals surface area contributed by atoms with Gasteiger partial charge in [0.2, 0.25) is 0 Å². The van der Waals surface area contributed by atoms with Gasteiger partial charge in [-0.3, -0.25) is 4.90 Å². The lowest BCUT2D eigenvalue weighted by molar-refractivity contribution is -0.122. The molecule has 0 radical (unpaired) electrons. The van der Waals surface area contributed by atoms with Crippen molar-refractivity contribution in [3.8, 4) is 5.75 Å². The normalized spacial score (nSPS) is 30.3. The summed E-state index contributed by atoms with van der Waals surface area (Å²) in [5, 5.41) is 0. The Kier molecular flexibility index (Phi) is 6.10. The van der Waals surface area contributed by atoms with E-state index in [-0.39, 0.29) is 12.2 Å². The Hall–Kier alpha value is -1.14. The molecule has 3 fully saturated rings. The number of fused-ring (bicyclic) bond motifs is 1. The summed E-state index contributed by atoms with van der Waals surface area (Å²) in [5.74, 6) is 1.57. The second kappa shape index (κ2) is 8.70. The van der Waals surface area contributed by atoms with Crippen LogP contribution < -0.4 is 4.74 Å². The van der Waals surface area contributed by atoms with Crippen molar-refractivity contribution >= 4 is 0 Å². The summed E-state index contributed by atoms with van der Waals surface area (Å²) < 4.78 is 23.2. The van der Waals surface area contributed by atoms with Gasteiger partial charge in [-0.05, 0) is 49.3 Å². The molecule has 0 amide bonds. The van der Waals surface area contributed by atoms with E-state index >= 15 is 0 Å². The zero-order valence-electron chi connectivity index (χ0n) is 15.8. The van der Waals surface area contributed by atoms with E-state index < -0.39 is 0 Å². The Morgan fingerprint density at radius 3 is 2.62 bits per heavy atom. The number of morpholine rings is 1. The summed E-state index contributed by atoms with van der Waals surface area (Å²) in [6, 6.07) is 8.89. The first-order valence-corrected chi connectivity index (χ1v) is 10.0. The van der Waals surface area contributed by atoms with E-state index in [0.717, 1.165) is 64.5 Å². The van der Waals surface area contributed by atoms with Crippen molar-refractivity contribution in [2.24, 2.45) is 5.92 Å². The first-order chi connectivity index (χ1) is 12.8. The van der Waals surface area contributed by atoms with Gasteiger partial charge in [-0.1, -0.05) is 12.1 Å². The first-order valence-electron chi connectivity index (χ1n) is 10.0. The number of rotatable bonds is 6. The van der Waals surface area contributed by atoms with Crippen molar-refractivity contribution in [3.05, 3.63) is 29.8 Å². The molecule has 1 saturated carbocycles. The Labute approximate surface area is 156 Å². The molecule has 0 aromatic heterocycles. The highest BCUT2D eigenvalue weighted by molar-refractivity contribution is 5.27. The van der Waals surface area contributed by atoms with Crippen LogP contribution in [-0.2, 0) is 20.8 Å². The highest BCUT2D eigenvalue weighted by Gasteiger charge is 2.43. The fourth-order valence-electron chi connectivity index (χ4n) is 4.50. The summed E-state index contributed by atoms with van der Waals surface area (Å²) in [6.45, 7) is 5.41. The number of hydrogen-bond donors (Lipinski definition) is 0. The molecule has 2 saturated heterocycles. The molecule has 0 spiro atoms. The van der Waals surface area contributed by atoms with Crippen molar-refractivity contribution in [2.45, 2.75) is 50.5 Å². The highest BCUT2D eigenvalue weighted by Crippen LogP contribution is 2.33. The summed E-state index contributed by atoms with van der Waals surface area (Å²) in [4.78, 5) is 2.58. The van der Waals surface area contributed by atoms with E-state index in [1.54, 1.807) is 7.11 Å². The van der Waals surface area contributed by atoms with Gasteiger partial charge in [0, 0.05) is 32.3 Å². The van der Waals surface area contributed by atoms with Crippen LogP contribution in [0.5, 0.6) is 5.75 Å². The standard InChI is InChI=1S/C21H31NO4/c1-23-18-4-2-16(3-5-18)14-22-10-13-25-21-19(22)6-7-20(21)26-15-17-8-11-24-12-9-17/h2-5,17,19-21H,6-15H2,1H3/t19-,20+,21+/m1/s1. The molecule has 2 aliphatic heterocycles. The zero-order chi connectivity index (χ0) is 17.8. The Morgan fingerprint density at radius 1 is 1.04 bits per heavy atom. The van der Waals surface area contributed by atoms with Crippen LogP contribution >= 0.6 is 0 Å². The summed E-state index contributed by atoms with van der Waals surface area (Å²) >= 11 is 0. The van der Waals surface area contributed by atoms with E-state index in [1.165, 1.54) is 12.0 Å². The van der Waals surface area contributed by atoms with Gasteiger partial charge >= 0.3 is 0 Å². The largest absolute Gasteiger partial charge is 0.497 e. The molecule has 0 bridgehead atoms. The SMILES string of the molecule is COc1ccc(CN2CCO[C@@H]3[C@@H](OCC4CCOCC4)CC[C@H]32)cc1. The van der Waals surface area contributed by atoms with Crippen LogP contribution in [0.2, 0.25) is 0 Å². The number of hydrogen-bond acceptors (Lipinski definition) is 5. The van der Waals surface area contributed by atoms with Crippen LogP contribution in [0, 0.1) is 5.92 Å². The second-order valence-corrected chi connectivity index (χ2v) is 7.73. The van der Waals surface area contributed by atoms with E-state index in [9.17, 15) is 0 Å². The Balaban J connectivity index is 1.32. The van der Waals surface area contributed by atoms with Crippen molar-refractivity contribution in [2.75, 3.05) is 40.1 Å². The lowest BCUT2D eigenvalue weighted by Crippen LogP contribution is -2.51. The van der Waals surface area contributed by atoms with E-state index in [1.807, 2.05) is 12.1 Å². The minimum Gasteiger partial charge on any atom is -0.497 e. The van der Waals surface area contributed by atoms with Gasteiger partial charge in [-0.2, -0.15) is 0 Å². The third-order valence-electron chi connectivity index (χ3n) is 6.08. The van der Waals surface area contributed by atoms with Gasteiger partial charge in [0.25, 0.3) is 0 Å². The van der Waals surface area contributed by atoms with Crippen molar-refractivity contribution in [1.82, 2.24) is 4.90 Å². The zero-order valence-corrected chi connectivity index (χ0v) is 15.8. The monoisotopic (exact) mass is 361 g/mol. The average Bonchev–Trinajstić information content (AvgIpc) is 3.12. The fraction of sp³-hybridized carbons (Fsp3) is 0.714. The topological polar surface area (TPSA) is 40.2 Å². The van der Waals surface area contributed by atoms with Crippen LogP contribution in [0.1, 0.15) is 31.2 Å². The predicted octanol–water partition coefficient (Wildman–Crippen LogP) is 2.87. The third kappa shape index (κ3) is 4.22. The van der Waals surface area contributed by atoms with E-state index in [4.69, 9.17) is 18.9 Å². The van der Waals surface area contributed by atoms with Gasteiger partial charge in [0.1, 0.15) is 5.75 Å². The van der Waals surface area contributed by atoms with Crippen molar-refractivity contribution < 1.29 is 18.9 Å². The van der Waals surface area contributed by atoms with Crippen LogP contribution in [0.15, 0.2) is 24.3 Å². The summed E-state index contributed by atoms with van der Waals surface area (Å²) in [6.07, 6.45) is 5.01. The Morgan fingerprint density at radius 2 is 1.85 bits per heavy atom. The predicted molar refractivity (Wildman–Crippen MR) is 99.4 cm³/mol. The van der Waals surface area contributed by atoms with E-state index in [2.05, 4.69) is 17.0 Å². The molecular formula is C21H31NO4. The molecule has 5 heteroatoms. The number of benzene rings is 1. The highest BCUT2D eigenvalue weighted by atomic mass is 16.5. The van der Waals surface area contributed by atoms with Crippen molar-refractivity contribution in [3.63, 3.8) is 0 Å². The average molecular weight is 361 g/mol. The molecule has 0 N–H and O–H groups in total. The van der Waals surface area contributed by atoms with Gasteiger partial charge in [-0.15, -0.1) is 0 Å². The van der Waals surface area contributed by atoms with Crippen LogP contribution in [0.25, 0.3) is 0 Å². The summed E-state index contributed by atoms with van der Waals surface area (Å²) in [5.41, 5.74) is 1.33. The molecule has 5 nitrogen and oxygen atoms in total. The second-order valence-electron chi connectivity index (χ2n) is 7.73. The number of nitrogens with zero attached hydrogens (tertiary/aromatic N) is 1. The molecule has 144 valence electrons. The minimum atomic E-state index is 0.224. The molecule has 3 aliphatic rings. The molecule has 1 aromatic carbocycles. The van der Waals surface area contributed by atoms with Crippen LogP contribution in [-0.4, -0.2) is 63.2 Å². The molecular weight excluding hydrogens is 330 g/mol. The van der Waals surface area contributed by atoms with Gasteiger partial charge in [-0.25, -0.2) is 0 Å². The van der Waals surface area contributed by atoms with Crippen LogP contribution in [0.4, 0.5) is 0 Å². The van der Waals surface area contributed by atoms with Crippen molar-refractivity contribution in [1.29, 1.82) is 0 Å². The molecule has 2 heterocycles. The lowest BCUT2D eigenvalue weighted by Gasteiger charge is -2.39.